The van der Waals surface area contributed by atoms with Crippen LogP contribution >= 0.6 is 22.9 Å². The van der Waals surface area contributed by atoms with Gasteiger partial charge < -0.3 is 5.11 Å². The molecule has 1 aliphatic rings. The van der Waals surface area contributed by atoms with E-state index in [1.165, 1.54) is 0 Å². The number of nitrogens with zero attached hydrogens (tertiary/aromatic N) is 1. The zero-order chi connectivity index (χ0) is 7.56. The van der Waals surface area contributed by atoms with Gasteiger partial charge in [-0.1, -0.05) is 0 Å². The van der Waals surface area contributed by atoms with Crippen LogP contribution in [0.3, 0.4) is 0 Å². The normalized spacial score (nSPS) is 36.3. The standard InChI is InChI=1S/C6H11FINO/c7-3-5-4-9(8)2-1-6(5)10/h5-6,10H,1-4H2. The molecule has 1 fully saturated rings. The molecule has 0 aromatic carbocycles. The maximum absolute atomic E-state index is 12.1. The molecule has 1 aliphatic heterocycles. The third kappa shape index (κ3) is 2.03. The van der Waals surface area contributed by atoms with Crippen LogP contribution in [0.15, 0.2) is 0 Å². The second-order valence-corrected chi connectivity index (χ2v) is 4.00. The zero-order valence-corrected chi connectivity index (χ0v) is 7.79. The van der Waals surface area contributed by atoms with Gasteiger partial charge in [0.25, 0.3) is 0 Å². The molecule has 2 unspecified atom stereocenters. The third-order valence-electron chi connectivity index (χ3n) is 1.84. The fraction of sp³-hybridized carbons (Fsp3) is 1.00. The van der Waals surface area contributed by atoms with Gasteiger partial charge in [-0.3, -0.25) is 4.39 Å². The minimum Gasteiger partial charge on any atom is -0.393 e. The summed E-state index contributed by atoms with van der Waals surface area (Å²) in [6.45, 7) is 1.15. The molecule has 0 amide bonds. The smallest absolute Gasteiger partial charge is 0.0959 e. The molecule has 0 saturated carbocycles. The summed E-state index contributed by atoms with van der Waals surface area (Å²) >= 11 is 2.16. The highest BCUT2D eigenvalue weighted by Crippen LogP contribution is 2.19. The van der Waals surface area contributed by atoms with Crippen LogP contribution in [0.5, 0.6) is 0 Å². The zero-order valence-electron chi connectivity index (χ0n) is 5.63. The predicted molar refractivity (Wildman–Crippen MR) is 45.7 cm³/mol. The summed E-state index contributed by atoms with van der Waals surface area (Å²) in [6, 6.07) is 0. The van der Waals surface area contributed by atoms with Crippen LogP contribution in [-0.2, 0) is 0 Å². The molecule has 0 radical (unpaired) electrons. The molecule has 0 spiro atoms. The van der Waals surface area contributed by atoms with Crippen LogP contribution in [-0.4, -0.2) is 34.1 Å². The lowest BCUT2D eigenvalue weighted by Gasteiger charge is -2.30. The van der Waals surface area contributed by atoms with Gasteiger partial charge in [-0.05, 0) is 6.42 Å². The number of aliphatic hydroxyl groups is 1. The van der Waals surface area contributed by atoms with E-state index in [1.807, 2.05) is 3.11 Å². The summed E-state index contributed by atoms with van der Waals surface area (Å²) < 4.78 is 14.1. The Morgan fingerprint density at radius 1 is 1.70 bits per heavy atom. The predicted octanol–water partition coefficient (Wildman–Crippen LogP) is 0.989. The summed E-state index contributed by atoms with van der Waals surface area (Å²) in [5.74, 6) is -0.161. The van der Waals surface area contributed by atoms with Gasteiger partial charge in [0.2, 0.25) is 0 Å². The Morgan fingerprint density at radius 3 is 2.90 bits per heavy atom. The number of halogens is 2. The van der Waals surface area contributed by atoms with E-state index in [4.69, 9.17) is 0 Å². The number of aliphatic hydroxyl groups excluding tert-OH is 1. The molecule has 0 bridgehead atoms. The highest BCUT2D eigenvalue weighted by molar-refractivity contribution is 14.1. The number of alkyl halides is 1. The Kier molecular flexibility index (Phi) is 3.32. The average Bonchev–Trinajstić information content (AvgIpc) is 1.94. The summed E-state index contributed by atoms with van der Waals surface area (Å²) in [4.78, 5) is 0. The van der Waals surface area contributed by atoms with Crippen LogP contribution < -0.4 is 0 Å². The first-order valence-electron chi connectivity index (χ1n) is 3.39. The lowest BCUT2D eigenvalue weighted by Crippen LogP contribution is -2.39. The quantitative estimate of drug-likeness (QED) is 0.560. The maximum atomic E-state index is 12.1. The molecule has 1 rings (SSSR count). The first kappa shape index (κ1) is 8.67. The van der Waals surface area contributed by atoms with Crippen LogP contribution in [0.2, 0.25) is 0 Å². The Bertz CT molecular complexity index is 114. The van der Waals surface area contributed by atoms with Gasteiger partial charge in [0.15, 0.2) is 0 Å². The van der Waals surface area contributed by atoms with Crippen LogP contribution in [0.25, 0.3) is 0 Å². The van der Waals surface area contributed by atoms with Crippen molar-refractivity contribution in [2.24, 2.45) is 5.92 Å². The lowest BCUT2D eigenvalue weighted by molar-refractivity contribution is 0.0482. The molecule has 0 aromatic rings. The minimum absolute atomic E-state index is 0.161. The van der Waals surface area contributed by atoms with Crippen molar-refractivity contribution in [3.8, 4) is 0 Å². The van der Waals surface area contributed by atoms with Crippen LogP contribution in [0.4, 0.5) is 4.39 Å². The van der Waals surface area contributed by atoms with E-state index in [2.05, 4.69) is 22.9 Å². The molecule has 1 heterocycles. The van der Waals surface area contributed by atoms with E-state index < -0.39 is 12.8 Å². The highest BCUT2D eigenvalue weighted by Gasteiger charge is 2.26. The minimum atomic E-state index is -0.420. The van der Waals surface area contributed by atoms with Crippen molar-refractivity contribution in [3.63, 3.8) is 0 Å². The van der Waals surface area contributed by atoms with Gasteiger partial charge in [-0.2, -0.15) is 0 Å². The van der Waals surface area contributed by atoms with E-state index >= 15 is 0 Å². The van der Waals surface area contributed by atoms with Crippen molar-refractivity contribution in [1.82, 2.24) is 3.11 Å². The molecule has 2 atom stereocenters. The molecule has 0 aliphatic carbocycles. The van der Waals surface area contributed by atoms with Crippen molar-refractivity contribution >= 4 is 22.9 Å². The van der Waals surface area contributed by atoms with E-state index in [-0.39, 0.29) is 5.92 Å². The van der Waals surface area contributed by atoms with Gasteiger partial charge >= 0.3 is 0 Å². The molecular formula is C6H11FINO. The van der Waals surface area contributed by atoms with Gasteiger partial charge in [0.05, 0.1) is 12.8 Å². The van der Waals surface area contributed by atoms with Gasteiger partial charge in [0.1, 0.15) is 0 Å². The monoisotopic (exact) mass is 259 g/mol. The molecule has 0 aromatic heterocycles. The Morgan fingerprint density at radius 2 is 2.40 bits per heavy atom. The van der Waals surface area contributed by atoms with E-state index in [1.54, 1.807) is 0 Å². The molecule has 1 saturated heterocycles. The molecule has 10 heavy (non-hydrogen) atoms. The van der Waals surface area contributed by atoms with Crippen molar-refractivity contribution < 1.29 is 9.50 Å². The summed E-state index contributed by atoms with van der Waals surface area (Å²) in [5, 5.41) is 9.22. The van der Waals surface area contributed by atoms with E-state index in [9.17, 15) is 9.50 Å². The molecule has 1 N–H and O–H groups in total. The number of piperidine rings is 1. The second kappa shape index (κ2) is 3.82. The first-order valence-corrected chi connectivity index (χ1v) is 4.35. The van der Waals surface area contributed by atoms with Crippen LogP contribution in [0.1, 0.15) is 6.42 Å². The fourth-order valence-corrected chi connectivity index (χ4v) is 1.91. The third-order valence-corrected chi connectivity index (χ3v) is 2.72. The molecule has 4 heteroatoms. The average molecular weight is 259 g/mol. The SMILES string of the molecule is OC1CCN(I)CC1CF. The van der Waals surface area contributed by atoms with Crippen molar-refractivity contribution in [3.05, 3.63) is 0 Å². The Balaban J connectivity index is 2.38. The number of rotatable bonds is 1. The maximum Gasteiger partial charge on any atom is 0.0959 e. The first-order chi connectivity index (χ1) is 4.74. The van der Waals surface area contributed by atoms with Gasteiger partial charge in [-0.15, -0.1) is 0 Å². The Labute approximate surface area is 73.9 Å². The van der Waals surface area contributed by atoms with Crippen molar-refractivity contribution in [2.75, 3.05) is 19.8 Å². The summed E-state index contributed by atoms with van der Waals surface area (Å²) in [6.07, 6.45) is 0.286. The highest BCUT2D eigenvalue weighted by atomic mass is 127. The second-order valence-electron chi connectivity index (χ2n) is 2.64. The lowest BCUT2D eigenvalue weighted by atomic mass is 9.98. The van der Waals surface area contributed by atoms with Crippen LogP contribution in [0, 0.1) is 5.92 Å². The van der Waals surface area contributed by atoms with Gasteiger partial charge in [-0.25, -0.2) is 3.11 Å². The Hall–Kier alpha value is 0.580. The largest absolute Gasteiger partial charge is 0.393 e. The summed E-state index contributed by atoms with van der Waals surface area (Å²) in [7, 11) is 0. The molecular weight excluding hydrogens is 248 g/mol. The van der Waals surface area contributed by atoms with Crippen molar-refractivity contribution in [2.45, 2.75) is 12.5 Å². The number of hydrogen-bond donors (Lipinski definition) is 1. The fourth-order valence-electron chi connectivity index (χ4n) is 1.13. The topological polar surface area (TPSA) is 23.5 Å². The molecule has 60 valence electrons. The number of hydrogen-bond acceptors (Lipinski definition) is 2. The molecule has 2 nitrogen and oxygen atoms in total. The van der Waals surface area contributed by atoms with E-state index in [0.717, 1.165) is 6.54 Å². The van der Waals surface area contributed by atoms with Crippen molar-refractivity contribution in [1.29, 1.82) is 0 Å². The van der Waals surface area contributed by atoms with E-state index in [0.29, 0.717) is 13.0 Å². The summed E-state index contributed by atoms with van der Waals surface area (Å²) in [5.41, 5.74) is 0. The van der Waals surface area contributed by atoms with Gasteiger partial charge in [0, 0.05) is 41.9 Å².